The van der Waals surface area contributed by atoms with Gasteiger partial charge in [-0.15, -0.1) is 18.3 Å². The Morgan fingerprint density at radius 1 is 1.38 bits per heavy atom. The molecule has 0 N–H and O–H groups in total. The maximum absolute atomic E-state index is 12.3. The largest absolute Gasteiger partial charge is 0.293 e. The summed E-state index contributed by atoms with van der Waals surface area (Å²) in [6.45, 7) is 5.76. The summed E-state index contributed by atoms with van der Waals surface area (Å²) in [5.41, 5.74) is 0.841. The smallest absolute Gasteiger partial charge is 0.172 e. The quantitative estimate of drug-likeness (QED) is 0.720. The second kappa shape index (κ2) is 4.71. The van der Waals surface area contributed by atoms with Gasteiger partial charge in [-0.05, 0) is 13.0 Å². The van der Waals surface area contributed by atoms with E-state index in [0.29, 0.717) is 0 Å². The van der Waals surface area contributed by atoms with Crippen LogP contribution in [0.15, 0.2) is 54.0 Å². The molecule has 2 atom stereocenters. The molecule has 1 aliphatic rings. The first-order valence-electron chi connectivity index (χ1n) is 5.33. The van der Waals surface area contributed by atoms with Gasteiger partial charge in [0.05, 0.1) is 5.92 Å². The van der Waals surface area contributed by atoms with Gasteiger partial charge >= 0.3 is 0 Å². The summed E-state index contributed by atoms with van der Waals surface area (Å²) in [7, 11) is 0. The standard InChI is InChI=1S/C14H14OS/c1-3-7-10-12(4-2)16-13-9-6-5-8-11(13)14(10)15/h3-10,12H,2H2,1H3/b7-3-. The molecular weight excluding hydrogens is 216 g/mol. The number of benzene rings is 1. The van der Waals surface area contributed by atoms with Crippen LogP contribution in [0, 0.1) is 5.92 Å². The third-order valence-electron chi connectivity index (χ3n) is 2.70. The van der Waals surface area contributed by atoms with Crippen LogP contribution in [-0.2, 0) is 0 Å². The Balaban J connectivity index is 2.46. The second-order valence-electron chi connectivity index (χ2n) is 3.73. The molecule has 1 aliphatic heterocycles. The summed E-state index contributed by atoms with van der Waals surface area (Å²) in [6.07, 6.45) is 5.77. The van der Waals surface area contributed by atoms with Crippen LogP contribution in [0.1, 0.15) is 17.3 Å². The van der Waals surface area contributed by atoms with Crippen LogP contribution in [-0.4, -0.2) is 11.0 Å². The lowest BCUT2D eigenvalue weighted by atomic mass is 9.93. The Kier molecular flexibility index (Phi) is 3.30. The summed E-state index contributed by atoms with van der Waals surface area (Å²) in [5.74, 6) is 0.139. The monoisotopic (exact) mass is 230 g/mol. The van der Waals surface area contributed by atoms with Gasteiger partial charge < -0.3 is 0 Å². The number of hydrogen-bond acceptors (Lipinski definition) is 2. The zero-order chi connectivity index (χ0) is 11.5. The fourth-order valence-corrected chi connectivity index (χ4v) is 3.12. The maximum Gasteiger partial charge on any atom is 0.172 e. The van der Waals surface area contributed by atoms with Crippen LogP contribution in [0.3, 0.4) is 0 Å². The minimum absolute atomic E-state index is 0.0672. The van der Waals surface area contributed by atoms with Crippen LogP contribution >= 0.6 is 11.8 Å². The normalized spacial score (nSPS) is 24.4. The minimum atomic E-state index is -0.0672. The minimum Gasteiger partial charge on any atom is -0.293 e. The van der Waals surface area contributed by atoms with Crippen molar-refractivity contribution in [3.63, 3.8) is 0 Å². The van der Waals surface area contributed by atoms with Crippen molar-refractivity contribution in [1.29, 1.82) is 0 Å². The molecule has 1 aromatic carbocycles. The number of thioether (sulfide) groups is 1. The first-order chi connectivity index (χ1) is 7.77. The van der Waals surface area contributed by atoms with Gasteiger partial charge in [0.15, 0.2) is 5.78 Å². The van der Waals surface area contributed by atoms with Gasteiger partial charge in [-0.25, -0.2) is 0 Å². The van der Waals surface area contributed by atoms with Gasteiger partial charge in [0.2, 0.25) is 0 Å². The highest BCUT2D eigenvalue weighted by Gasteiger charge is 2.32. The molecule has 0 saturated carbocycles. The van der Waals surface area contributed by atoms with Crippen LogP contribution in [0.5, 0.6) is 0 Å². The molecule has 0 fully saturated rings. The summed E-state index contributed by atoms with van der Waals surface area (Å²) >= 11 is 1.72. The molecule has 0 amide bonds. The SMILES string of the molecule is C=CC1Sc2ccccc2C(=O)C1/C=C\C. The average Bonchev–Trinajstić information content (AvgIpc) is 2.33. The number of carbonyl (C=O) groups excluding carboxylic acids is 1. The fourth-order valence-electron chi connectivity index (χ4n) is 1.92. The van der Waals surface area contributed by atoms with Gasteiger partial charge in [0.25, 0.3) is 0 Å². The van der Waals surface area contributed by atoms with E-state index in [2.05, 4.69) is 6.58 Å². The average molecular weight is 230 g/mol. The van der Waals surface area contributed by atoms with E-state index in [-0.39, 0.29) is 17.0 Å². The third-order valence-corrected chi connectivity index (χ3v) is 4.07. The number of allylic oxidation sites excluding steroid dienone is 2. The molecule has 1 nitrogen and oxygen atoms in total. The van der Waals surface area contributed by atoms with E-state index in [1.165, 1.54) is 0 Å². The molecule has 2 rings (SSSR count). The topological polar surface area (TPSA) is 17.1 Å². The van der Waals surface area contributed by atoms with E-state index < -0.39 is 0 Å². The van der Waals surface area contributed by atoms with Crippen molar-refractivity contribution in [2.75, 3.05) is 0 Å². The van der Waals surface area contributed by atoms with Crippen molar-refractivity contribution in [3.05, 3.63) is 54.6 Å². The van der Waals surface area contributed by atoms with Crippen molar-refractivity contribution >= 4 is 17.5 Å². The highest BCUT2D eigenvalue weighted by Crippen LogP contribution is 2.39. The number of carbonyl (C=O) groups is 1. The van der Waals surface area contributed by atoms with Crippen LogP contribution in [0.2, 0.25) is 0 Å². The van der Waals surface area contributed by atoms with Crippen molar-refractivity contribution in [1.82, 2.24) is 0 Å². The van der Waals surface area contributed by atoms with E-state index >= 15 is 0 Å². The first-order valence-corrected chi connectivity index (χ1v) is 6.21. The van der Waals surface area contributed by atoms with Crippen LogP contribution in [0.25, 0.3) is 0 Å². The van der Waals surface area contributed by atoms with Gasteiger partial charge in [0.1, 0.15) is 0 Å². The van der Waals surface area contributed by atoms with E-state index in [9.17, 15) is 4.79 Å². The lowest BCUT2D eigenvalue weighted by Gasteiger charge is -2.27. The van der Waals surface area contributed by atoms with Crippen molar-refractivity contribution in [3.8, 4) is 0 Å². The highest BCUT2D eigenvalue weighted by molar-refractivity contribution is 8.00. The van der Waals surface area contributed by atoms with E-state index in [1.807, 2.05) is 49.4 Å². The molecule has 1 aromatic rings. The Hall–Kier alpha value is -1.28. The first kappa shape index (κ1) is 11.2. The molecule has 0 spiro atoms. The van der Waals surface area contributed by atoms with E-state index in [0.717, 1.165) is 10.5 Å². The molecule has 0 saturated heterocycles. The van der Waals surface area contributed by atoms with Crippen molar-refractivity contribution in [2.24, 2.45) is 5.92 Å². The number of rotatable bonds is 2. The summed E-state index contributed by atoms with van der Waals surface area (Å²) < 4.78 is 0. The zero-order valence-electron chi connectivity index (χ0n) is 9.22. The predicted molar refractivity (Wildman–Crippen MR) is 68.9 cm³/mol. The van der Waals surface area contributed by atoms with Gasteiger partial charge in [-0.3, -0.25) is 4.79 Å². The highest BCUT2D eigenvalue weighted by atomic mass is 32.2. The maximum atomic E-state index is 12.3. The van der Waals surface area contributed by atoms with Crippen molar-refractivity contribution in [2.45, 2.75) is 17.1 Å². The number of ketones is 1. The van der Waals surface area contributed by atoms with Gasteiger partial charge in [-0.2, -0.15) is 0 Å². The molecule has 16 heavy (non-hydrogen) atoms. The summed E-state index contributed by atoms with van der Waals surface area (Å²) in [5, 5.41) is 0.151. The fraction of sp³-hybridized carbons (Fsp3) is 0.214. The summed E-state index contributed by atoms with van der Waals surface area (Å²) in [4.78, 5) is 13.3. The molecule has 82 valence electrons. The molecule has 0 aliphatic carbocycles. The number of hydrogen-bond donors (Lipinski definition) is 0. The molecule has 2 heteroatoms. The van der Waals surface area contributed by atoms with Gasteiger partial charge in [-0.1, -0.05) is 36.4 Å². The number of fused-ring (bicyclic) bond motifs is 1. The van der Waals surface area contributed by atoms with E-state index in [4.69, 9.17) is 0 Å². The lowest BCUT2D eigenvalue weighted by Crippen LogP contribution is -2.27. The Bertz CT molecular complexity index is 448. The second-order valence-corrected chi connectivity index (χ2v) is 4.95. The Morgan fingerprint density at radius 3 is 2.81 bits per heavy atom. The van der Waals surface area contributed by atoms with Crippen LogP contribution in [0.4, 0.5) is 0 Å². The molecule has 0 bridgehead atoms. The third kappa shape index (κ3) is 1.85. The molecule has 1 heterocycles. The molecular formula is C14H14OS. The summed E-state index contributed by atoms with van der Waals surface area (Å²) in [6, 6.07) is 7.79. The lowest BCUT2D eigenvalue weighted by molar-refractivity contribution is 0.0942. The Labute approximate surface area is 100 Å². The van der Waals surface area contributed by atoms with Gasteiger partial charge in [0, 0.05) is 15.7 Å². The zero-order valence-corrected chi connectivity index (χ0v) is 10.0. The van der Waals surface area contributed by atoms with Crippen LogP contribution < -0.4 is 0 Å². The molecule has 0 aromatic heterocycles. The molecule has 0 radical (unpaired) electrons. The van der Waals surface area contributed by atoms with Crippen molar-refractivity contribution < 1.29 is 4.79 Å². The Morgan fingerprint density at radius 2 is 2.12 bits per heavy atom. The van der Waals surface area contributed by atoms with E-state index in [1.54, 1.807) is 11.8 Å². The predicted octanol–water partition coefficient (Wildman–Crippen LogP) is 3.72. The number of Topliss-reactive ketones (excluding diaryl/α,β-unsaturated/α-hetero) is 1. The molecule has 2 unspecified atom stereocenters.